The van der Waals surface area contributed by atoms with Gasteiger partial charge in [-0.3, -0.25) is 0 Å². The second-order valence-electron chi connectivity index (χ2n) is 15.8. The molecular formula is C54H39NO. The maximum atomic E-state index is 7.21. The number of hydrogen-bond donors (Lipinski definition) is 0. The maximum Gasteiger partial charge on any atom is 0.159 e. The van der Waals surface area contributed by atoms with Gasteiger partial charge in [0.2, 0.25) is 0 Å². The van der Waals surface area contributed by atoms with E-state index in [1.54, 1.807) is 0 Å². The molecule has 0 unspecified atom stereocenters. The first-order chi connectivity index (χ1) is 27.8. The minimum absolute atomic E-state index is 0.0348. The molecular weight excluding hydrogens is 679 g/mol. The zero-order chi connectivity index (χ0) is 36.8. The summed E-state index contributed by atoms with van der Waals surface area (Å²) in [6, 6.07) is 69.8. The number of furan rings is 1. The fraction of sp³-hybridized carbons (Fsp3) is 0.111. The van der Waals surface area contributed by atoms with Gasteiger partial charge in [0.25, 0.3) is 0 Å². The first-order valence-corrected chi connectivity index (χ1v) is 20.1. The van der Waals surface area contributed by atoms with Crippen molar-refractivity contribution in [2.75, 3.05) is 4.90 Å². The molecule has 0 bridgehead atoms. The molecule has 1 aromatic heterocycles. The summed E-state index contributed by atoms with van der Waals surface area (Å²) < 4.78 is 7.21. The number of hydrogen-bond acceptors (Lipinski definition) is 2. The zero-order valence-corrected chi connectivity index (χ0v) is 31.1. The Morgan fingerprint density at radius 2 is 1.02 bits per heavy atom. The van der Waals surface area contributed by atoms with Gasteiger partial charge >= 0.3 is 0 Å². The Balaban J connectivity index is 1.28. The molecule has 2 heteroatoms. The van der Waals surface area contributed by atoms with Gasteiger partial charge in [0, 0.05) is 27.4 Å². The summed E-state index contributed by atoms with van der Waals surface area (Å²) in [5, 5.41) is 2.24. The fourth-order valence-electron chi connectivity index (χ4n) is 11.1. The van der Waals surface area contributed by atoms with E-state index in [9.17, 15) is 0 Å². The predicted octanol–water partition coefficient (Wildman–Crippen LogP) is 14.3. The highest BCUT2D eigenvalue weighted by atomic mass is 16.3. The first kappa shape index (κ1) is 31.7. The second kappa shape index (κ2) is 11.9. The quantitative estimate of drug-likeness (QED) is 0.176. The van der Waals surface area contributed by atoms with Crippen molar-refractivity contribution < 1.29 is 4.42 Å². The van der Waals surface area contributed by atoms with Crippen LogP contribution in [0.5, 0.6) is 0 Å². The van der Waals surface area contributed by atoms with Crippen LogP contribution in [0, 0.1) is 0 Å². The summed E-state index contributed by atoms with van der Waals surface area (Å²) in [5.41, 5.74) is 17.7. The van der Waals surface area contributed by atoms with Gasteiger partial charge in [-0.1, -0.05) is 171 Å². The molecule has 1 spiro atoms. The third kappa shape index (κ3) is 4.11. The summed E-state index contributed by atoms with van der Waals surface area (Å²) >= 11 is 0. The second-order valence-corrected chi connectivity index (χ2v) is 15.8. The van der Waals surface area contributed by atoms with Crippen LogP contribution in [0.4, 0.5) is 17.1 Å². The van der Waals surface area contributed by atoms with Crippen LogP contribution in [0.3, 0.4) is 0 Å². The van der Waals surface area contributed by atoms with Crippen LogP contribution in [0.1, 0.15) is 59.1 Å². The summed E-state index contributed by atoms with van der Waals surface area (Å²) in [6.45, 7) is 0. The lowest BCUT2D eigenvalue weighted by atomic mass is 9.67. The van der Waals surface area contributed by atoms with E-state index in [1.807, 2.05) is 0 Å². The average molecular weight is 718 g/mol. The van der Waals surface area contributed by atoms with Gasteiger partial charge in [-0.2, -0.15) is 0 Å². The van der Waals surface area contributed by atoms with Crippen molar-refractivity contribution in [3.05, 3.63) is 221 Å². The molecule has 2 nitrogen and oxygen atoms in total. The highest BCUT2D eigenvalue weighted by Crippen LogP contribution is 2.63. The van der Waals surface area contributed by atoms with Gasteiger partial charge in [-0.25, -0.2) is 0 Å². The van der Waals surface area contributed by atoms with Crippen molar-refractivity contribution in [1.29, 1.82) is 0 Å². The Kier molecular flexibility index (Phi) is 6.75. The summed E-state index contributed by atoms with van der Waals surface area (Å²) in [5.74, 6) is 0. The van der Waals surface area contributed by atoms with Crippen LogP contribution >= 0.6 is 0 Å². The van der Waals surface area contributed by atoms with Gasteiger partial charge in [-0.05, 0) is 93.2 Å². The Morgan fingerprint density at radius 1 is 0.429 bits per heavy atom. The smallest absolute Gasteiger partial charge is 0.159 e. The molecule has 56 heavy (non-hydrogen) atoms. The average Bonchev–Trinajstić information content (AvgIpc) is 4.04. The molecule has 0 radical (unpaired) electrons. The predicted molar refractivity (Wildman–Crippen MR) is 230 cm³/mol. The normalized spacial score (nSPS) is 15.5. The molecule has 1 heterocycles. The minimum Gasteiger partial charge on any atom is -0.454 e. The number of para-hydroxylation sites is 2. The van der Waals surface area contributed by atoms with E-state index < -0.39 is 5.41 Å². The van der Waals surface area contributed by atoms with Crippen molar-refractivity contribution in [2.24, 2.45) is 0 Å². The molecule has 9 aromatic rings. The standard InChI is InChI=1S/C54H39NO/c1-3-18-36(19-4-1)54(44-27-12-7-22-38(44)39-23-8-13-28-45(39)54)47-33-32-41-40-24-10-14-31-49(40)56-52(41)51(47)55(37-20-5-2-6-21-37)48-30-17-29-46-50(48)42-25-9-11-26-43(42)53(46)34-15-16-35-53/h1-14,17-33H,15-16,34-35H2. The van der Waals surface area contributed by atoms with Crippen molar-refractivity contribution >= 4 is 39.0 Å². The first-order valence-electron chi connectivity index (χ1n) is 20.1. The van der Waals surface area contributed by atoms with Crippen LogP contribution in [-0.2, 0) is 10.8 Å². The molecule has 0 amide bonds. The van der Waals surface area contributed by atoms with Crippen molar-refractivity contribution in [3.63, 3.8) is 0 Å². The SMILES string of the molecule is c1ccc(N(c2cccc3c2-c2ccccc2C32CCCC2)c2c(C3(c4ccccc4)c4ccccc4-c4ccccc43)ccc3c2oc2ccccc23)cc1. The fourth-order valence-corrected chi connectivity index (χ4v) is 11.1. The lowest BCUT2D eigenvalue weighted by Gasteiger charge is -2.38. The van der Waals surface area contributed by atoms with Crippen molar-refractivity contribution in [1.82, 2.24) is 0 Å². The number of nitrogens with zero attached hydrogens (tertiary/aromatic N) is 1. The van der Waals surface area contributed by atoms with E-state index in [0.717, 1.165) is 33.3 Å². The van der Waals surface area contributed by atoms with Gasteiger partial charge in [0.1, 0.15) is 5.58 Å². The van der Waals surface area contributed by atoms with Crippen LogP contribution in [0.2, 0.25) is 0 Å². The monoisotopic (exact) mass is 717 g/mol. The molecule has 1 fully saturated rings. The van der Waals surface area contributed by atoms with Crippen molar-refractivity contribution in [3.8, 4) is 22.3 Å². The topological polar surface area (TPSA) is 16.4 Å². The van der Waals surface area contributed by atoms with E-state index in [2.05, 4.69) is 193 Å². The summed E-state index contributed by atoms with van der Waals surface area (Å²) in [4.78, 5) is 2.55. The minimum atomic E-state index is -0.646. The number of anilines is 3. The molecule has 1 saturated carbocycles. The van der Waals surface area contributed by atoms with E-state index in [1.165, 1.54) is 87.0 Å². The molecule has 266 valence electrons. The Hall–Kier alpha value is -6.64. The lowest BCUT2D eigenvalue weighted by molar-refractivity contribution is 0.550. The summed E-state index contributed by atoms with van der Waals surface area (Å²) in [7, 11) is 0. The van der Waals surface area contributed by atoms with E-state index in [0.29, 0.717) is 0 Å². The molecule has 0 N–H and O–H groups in total. The lowest BCUT2D eigenvalue weighted by Crippen LogP contribution is -2.31. The Bertz CT molecular complexity index is 2940. The molecule has 12 rings (SSSR count). The van der Waals surface area contributed by atoms with Gasteiger partial charge in [-0.15, -0.1) is 0 Å². The molecule has 0 atom stereocenters. The molecule has 3 aliphatic carbocycles. The third-order valence-corrected chi connectivity index (χ3v) is 13.3. The molecule has 0 aliphatic heterocycles. The van der Waals surface area contributed by atoms with Gasteiger partial charge in [0.15, 0.2) is 5.58 Å². The third-order valence-electron chi connectivity index (χ3n) is 13.3. The number of benzene rings is 8. The van der Waals surface area contributed by atoms with Crippen LogP contribution in [0.15, 0.2) is 192 Å². The van der Waals surface area contributed by atoms with Crippen LogP contribution in [0.25, 0.3) is 44.2 Å². The maximum absolute atomic E-state index is 7.21. The number of fused-ring (bicyclic) bond motifs is 11. The zero-order valence-electron chi connectivity index (χ0n) is 31.1. The van der Waals surface area contributed by atoms with Crippen LogP contribution < -0.4 is 4.90 Å². The van der Waals surface area contributed by atoms with Gasteiger partial charge in [0.05, 0.1) is 16.8 Å². The Labute approximate surface area is 327 Å². The highest BCUT2D eigenvalue weighted by molar-refractivity contribution is 6.13. The highest BCUT2D eigenvalue weighted by Gasteiger charge is 2.50. The van der Waals surface area contributed by atoms with E-state index in [4.69, 9.17) is 4.42 Å². The molecule has 0 saturated heterocycles. The largest absolute Gasteiger partial charge is 0.454 e. The Morgan fingerprint density at radius 3 is 1.75 bits per heavy atom. The number of rotatable bonds is 5. The van der Waals surface area contributed by atoms with E-state index in [-0.39, 0.29) is 5.41 Å². The summed E-state index contributed by atoms with van der Waals surface area (Å²) in [6.07, 6.45) is 4.87. The molecule has 3 aliphatic rings. The molecule has 8 aromatic carbocycles. The van der Waals surface area contributed by atoms with E-state index >= 15 is 0 Å². The van der Waals surface area contributed by atoms with Crippen molar-refractivity contribution in [2.45, 2.75) is 36.5 Å². The van der Waals surface area contributed by atoms with Crippen LogP contribution in [-0.4, -0.2) is 0 Å². The van der Waals surface area contributed by atoms with Gasteiger partial charge < -0.3 is 9.32 Å².